The van der Waals surface area contributed by atoms with Crippen LogP contribution in [0.15, 0.2) is 36.8 Å². The van der Waals surface area contributed by atoms with Crippen molar-refractivity contribution in [3.8, 4) is 0 Å². The van der Waals surface area contributed by atoms with Crippen LogP contribution in [-0.4, -0.2) is 25.1 Å². The van der Waals surface area contributed by atoms with Crippen molar-refractivity contribution >= 4 is 28.5 Å². The monoisotopic (exact) mass is 420 g/mol. The van der Waals surface area contributed by atoms with Gasteiger partial charge in [0.25, 0.3) is 0 Å². The van der Waals surface area contributed by atoms with Gasteiger partial charge in [0.1, 0.15) is 22.8 Å². The highest BCUT2D eigenvalue weighted by atomic mass is 19.4. The average molecular weight is 420 g/mol. The number of fused-ring (bicyclic) bond motifs is 1. The molecule has 30 heavy (non-hydrogen) atoms. The average Bonchev–Trinajstić information content (AvgIpc) is 3.27. The third-order valence-electron chi connectivity index (χ3n) is 4.88. The lowest BCUT2D eigenvalue weighted by atomic mass is 10.2. The molecule has 0 amide bonds. The molecule has 1 aliphatic carbocycles. The highest BCUT2D eigenvalue weighted by Gasteiger charge is 2.42. The minimum atomic E-state index is -4.59. The molecule has 158 valence electrons. The number of hydrogen-bond donors (Lipinski definition) is 2. The number of aromatic nitrogens is 4. The second kappa shape index (κ2) is 6.96. The summed E-state index contributed by atoms with van der Waals surface area (Å²) in [7, 11) is 0. The maximum Gasteiger partial charge on any atom is 0.421 e. The van der Waals surface area contributed by atoms with Gasteiger partial charge in [0.2, 0.25) is 5.95 Å². The number of rotatable bonds is 6. The van der Waals surface area contributed by atoms with Crippen LogP contribution in [0.4, 0.5) is 35.0 Å². The van der Waals surface area contributed by atoms with Gasteiger partial charge in [0.05, 0.1) is 11.9 Å². The smallest absolute Gasteiger partial charge is 0.364 e. The zero-order chi connectivity index (χ0) is 21.7. The Morgan fingerprint density at radius 2 is 2.00 bits per heavy atom. The van der Waals surface area contributed by atoms with Gasteiger partial charge in [-0.2, -0.15) is 18.2 Å². The summed E-state index contributed by atoms with van der Waals surface area (Å²) < 4.78 is 55.7. The maximum absolute atomic E-state index is 13.8. The van der Waals surface area contributed by atoms with Crippen LogP contribution in [0, 0.1) is 5.82 Å². The summed E-state index contributed by atoms with van der Waals surface area (Å²) in [6.07, 6.45) is 0.467. The molecule has 3 heterocycles. The lowest BCUT2D eigenvalue weighted by Crippen LogP contribution is -2.21. The van der Waals surface area contributed by atoms with E-state index in [1.807, 2.05) is 13.8 Å². The van der Waals surface area contributed by atoms with E-state index in [0.29, 0.717) is 23.3 Å². The van der Waals surface area contributed by atoms with Crippen LogP contribution in [0.3, 0.4) is 0 Å². The number of pyridine rings is 1. The molecule has 0 saturated heterocycles. The zero-order valence-corrected chi connectivity index (χ0v) is 16.4. The van der Waals surface area contributed by atoms with Crippen molar-refractivity contribution in [2.75, 3.05) is 10.6 Å². The van der Waals surface area contributed by atoms with E-state index in [4.69, 9.17) is 0 Å². The van der Waals surface area contributed by atoms with Crippen molar-refractivity contribution in [2.24, 2.45) is 0 Å². The molecule has 0 aliphatic heterocycles. The van der Waals surface area contributed by atoms with Gasteiger partial charge < -0.3 is 15.2 Å². The minimum absolute atomic E-state index is 0.0339. The molecule has 0 radical (unpaired) electrons. The molecule has 0 atom stereocenters. The first-order valence-corrected chi connectivity index (χ1v) is 9.32. The van der Waals surface area contributed by atoms with Crippen LogP contribution in [0.1, 0.15) is 32.3 Å². The predicted octanol–water partition coefficient (Wildman–Crippen LogP) is 5.27. The molecule has 1 saturated carbocycles. The van der Waals surface area contributed by atoms with Crippen molar-refractivity contribution in [1.29, 1.82) is 0 Å². The molecule has 1 fully saturated rings. The van der Waals surface area contributed by atoms with Crippen LogP contribution in [0.5, 0.6) is 0 Å². The zero-order valence-electron chi connectivity index (χ0n) is 16.4. The number of hydrogen-bond acceptors (Lipinski definition) is 5. The van der Waals surface area contributed by atoms with Crippen molar-refractivity contribution in [1.82, 2.24) is 19.5 Å². The molecule has 4 rings (SSSR count). The van der Waals surface area contributed by atoms with E-state index >= 15 is 0 Å². The lowest BCUT2D eigenvalue weighted by molar-refractivity contribution is -0.137. The Hall–Kier alpha value is -3.17. The van der Waals surface area contributed by atoms with Crippen LogP contribution >= 0.6 is 0 Å². The maximum atomic E-state index is 13.8. The van der Waals surface area contributed by atoms with E-state index in [1.54, 1.807) is 10.8 Å². The lowest BCUT2D eigenvalue weighted by Gasteiger charge is -2.18. The Morgan fingerprint density at radius 1 is 1.27 bits per heavy atom. The molecule has 3 aromatic heterocycles. The Labute approximate surface area is 170 Å². The van der Waals surface area contributed by atoms with E-state index in [0.717, 1.165) is 30.8 Å². The van der Waals surface area contributed by atoms with Crippen LogP contribution in [-0.2, 0) is 12.7 Å². The number of nitrogens with zero attached hydrogens (tertiary/aromatic N) is 4. The quantitative estimate of drug-likeness (QED) is 0.420. The van der Waals surface area contributed by atoms with Crippen LogP contribution in [0.2, 0.25) is 0 Å². The van der Waals surface area contributed by atoms with Crippen molar-refractivity contribution in [2.45, 2.75) is 44.9 Å². The summed E-state index contributed by atoms with van der Waals surface area (Å²) in [5, 5.41) is 6.24. The highest BCUT2D eigenvalue weighted by Crippen LogP contribution is 2.41. The largest absolute Gasteiger partial charge is 0.421 e. The van der Waals surface area contributed by atoms with Crippen molar-refractivity contribution in [3.05, 3.63) is 48.2 Å². The van der Waals surface area contributed by atoms with E-state index in [1.165, 1.54) is 6.07 Å². The van der Waals surface area contributed by atoms with Crippen molar-refractivity contribution < 1.29 is 17.6 Å². The van der Waals surface area contributed by atoms with Gasteiger partial charge in [-0.05, 0) is 32.8 Å². The van der Waals surface area contributed by atoms with Gasteiger partial charge in [0.15, 0.2) is 0 Å². The normalized spacial score (nSPS) is 15.3. The molecular weight excluding hydrogens is 400 g/mol. The van der Waals surface area contributed by atoms with E-state index in [9.17, 15) is 17.6 Å². The number of alkyl halides is 3. The Bertz CT molecular complexity index is 1130. The first-order valence-electron chi connectivity index (χ1n) is 9.32. The minimum Gasteiger partial charge on any atom is -0.364 e. The van der Waals surface area contributed by atoms with Crippen LogP contribution < -0.4 is 10.6 Å². The summed E-state index contributed by atoms with van der Waals surface area (Å²) in [6, 6.07) is 1.30. The molecule has 0 bridgehead atoms. The third kappa shape index (κ3) is 4.07. The fraction of sp³-hybridized carbons (Fsp3) is 0.350. The number of allylic oxidation sites excluding steroid dienone is 1. The van der Waals surface area contributed by atoms with Gasteiger partial charge in [-0.3, -0.25) is 0 Å². The summed E-state index contributed by atoms with van der Waals surface area (Å²) in [4.78, 5) is 12.0. The molecule has 1 aliphatic rings. The highest BCUT2D eigenvalue weighted by molar-refractivity contribution is 5.92. The summed E-state index contributed by atoms with van der Waals surface area (Å²) in [5.41, 5.74) is 0.466. The molecule has 0 unspecified atom stereocenters. The Morgan fingerprint density at radius 3 is 2.63 bits per heavy atom. The molecule has 2 N–H and O–H groups in total. The second-order valence-corrected chi connectivity index (χ2v) is 7.92. The molecule has 0 spiro atoms. The standard InChI is InChI=1S/C20H20F4N6/c1-11(2)9-30-10-15(13-6-12(21)7-25-17(13)30)27-18-26-8-14(20(22,23)24)16(28-18)29-19(3)4-5-19/h6-8,10H,1,4-5,9H2,2-3H3,(H2,26,27,28,29). The molecule has 10 heteroatoms. The third-order valence-corrected chi connectivity index (χ3v) is 4.88. The fourth-order valence-corrected chi connectivity index (χ4v) is 3.12. The number of anilines is 3. The Balaban J connectivity index is 1.73. The first-order chi connectivity index (χ1) is 14.0. The summed E-state index contributed by atoms with van der Waals surface area (Å²) >= 11 is 0. The fourth-order valence-electron chi connectivity index (χ4n) is 3.12. The van der Waals surface area contributed by atoms with E-state index in [-0.39, 0.29) is 11.8 Å². The molecule has 3 aromatic rings. The van der Waals surface area contributed by atoms with Gasteiger partial charge in [-0.1, -0.05) is 12.2 Å². The number of nitrogens with one attached hydrogen (secondary N) is 2. The molecular formula is C20H20F4N6. The van der Waals surface area contributed by atoms with Gasteiger partial charge in [-0.25, -0.2) is 14.4 Å². The van der Waals surface area contributed by atoms with Crippen LogP contribution in [0.25, 0.3) is 11.0 Å². The summed E-state index contributed by atoms with van der Waals surface area (Å²) in [6.45, 7) is 8.00. The van der Waals surface area contributed by atoms with Gasteiger partial charge >= 0.3 is 6.18 Å². The SMILES string of the molecule is C=C(C)Cn1cc(Nc2ncc(C(F)(F)F)c(NC3(C)CC3)n2)c2cc(F)cnc21. The molecule has 0 aromatic carbocycles. The van der Waals surface area contributed by atoms with Gasteiger partial charge in [-0.15, -0.1) is 0 Å². The van der Waals surface area contributed by atoms with Crippen molar-refractivity contribution in [3.63, 3.8) is 0 Å². The van der Waals surface area contributed by atoms with E-state index in [2.05, 4.69) is 32.2 Å². The molecule has 6 nitrogen and oxygen atoms in total. The second-order valence-electron chi connectivity index (χ2n) is 7.92. The Kier molecular flexibility index (Phi) is 4.67. The predicted molar refractivity (Wildman–Crippen MR) is 106 cm³/mol. The van der Waals surface area contributed by atoms with Gasteiger partial charge in [0, 0.05) is 29.9 Å². The topological polar surface area (TPSA) is 67.7 Å². The summed E-state index contributed by atoms with van der Waals surface area (Å²) in [5.74, 6) is -0.848. The number of halogens is 4. The first kappa shape index (κ1) is 20.1. The van der Waals surface area contributed by atoms with E-state index < -0.39 is 23.1 Å².